The van der Waals surface area contributed by atoms with E-state index in [4.69, 9.17) is 28.3 Å². The van der Waals surface area contributed by atoms with E-state index in [9.17, 15) is 10.2 Å². The molecule has 128 valence electrons. The number of piperazine rings is 1. The van der Waals surface area contributed by atoms with Crippen molar-refractivity contribution in [2.24, 2.45) is 0 Å². The van der Waals surface area contributed by atoms with Crippen LogP contribution < -0.4 is 0 Å². The number of hydrogen-bond acceptors (Lipinski definition) is 5. The topological polar surface area (TPSA) is 67.2 Å². The lowest BCUT2D eigenvalue weighted by Gasteiger charge is -2.38. The van der Waals surface area contributed by atoms with Gasteiger partial charge in [0.25, 0.3) is 0 Å². The van der Waals surface area contributed by atoms with Gasteiger partial charge in [0.1, 0.15) is 5.75 Å². The van der Waals surface area contributed by atoms with Gasteiger partial charge in [-0.05, 0) is 18.6 Å². The SMILES string of the molecule is OC[C@@H](O)CN1CCN2C[C@@H](c3c(O)ccc(Cl)c3Cl)C[C@H]2C1. The number of benzene rings is 1. The van der Waals surface area contributed by atoms with Gasteiger partial charge in [-0.3, -0.25) is 9.80 Å². The van der Waals surface area contributed by atoms with Crippen molar-refractivity contribution in [3.8, 4) is 5.75 Å². The first-order chi connectivity index (χ1) is 11.0. The Morgan fingerprint density at radius 1 is 1.22 bits per heavy atom. The molecule has 5 nitrogen and oxygen atoms in total. The molecule has 3 N–H and O–H groups in total. The van der Waals surface area contributed by atoms with Gasteiger partial charge in [0, 0.05) is 50.2 Å². The number of phenols is 1. The Hall–Kier alpha value is -0.560. The average molecular weight is 361 g/mol. The molecule has 0 saturated carbocycles. The summed E-state index contributed by atoms with van der Waals surface area (Å²) in [6.45, 7) is 3.78. The van der Waals surface area contributed by atoms with Crippen molar-refractivity contribution < 1.29 is 15.3 Å². The minimum Gasteiger partial charge on any atom is -0.508 e. The summed E-state index contributed by atoms with van der Waals surface area (Å²) in [5.74, 6) is 0.366. The normalized spacial score (nSPS) is 27.1. The molecule has 0 bridgehead atoms. The molecule has 2 aliphatic heterocycles. The van der Waals surface area contributed by atoms with Crippen LogP contribution >= 0.6 is 23.2 Å². The summed E-state index contributed by atoms with van der Waals surface area (Å²) in [4.78, 5) is 4.59. The molecule has 3 atom stereocenters. The third kappa shape index (κ3) is 3.60. The second-order valence-electron chi connectivity index (χ2n) is 6.47. The second kappa shape index (κ2) is 7.13. The molecule has 2 aliphatic rings. The summed E-state index contributed by atoms with van der Waals surface area (Å²) in [6, 6.07) is 3.59. The third-order valence-corrected chi connectivity index (χ3v) is 5.72. The highest BCUT2D eigenvalue weighted by atomic mass is 35.5. The van der Waals surface area contributed by atoms with E-state index in [-0.39, 0.29) is 18.3 Å². The van der Waals surface area contributed by atoms with Crippen molar-refractivity contribution in [2.75, 3.05) is 39.3 Å². The monoisotopic (exact) mass is 360 g/mol. The number of aliphatic hydroxyl groups is 2. The van der Waals surface area contributed by atoms with Gasteiger partial charge in [0.05, 0.1) is 22.8 Å². The molecule has 2 fully saturated rings. The van der Waals surface area contributed by atoms with Crippen molar-refractivity contribution >= 4 is 23.2 Å². The summed E-state index contributed by atoms with van der Waals surface area (Å²) in [7, 11) is 0. The van der Waals surface area contributed by atoms with Gasteiger partial charge < -0.3 is 15.3 Å². The molecule has 1 aromatic carbocycles. The molecule has 0 radical (unpaired) electrons. The van der Waals surface area contributed by atoms with Crippen LogP contribution in [0.3, 0.4) is 0 Å². The highest BCUT2D eigenvalue weighted by molar-refractivity contribution is 6.42. The van der Waals surface area contributed by atoms with Crippen LogP contribution in [0.4, 0.5) is 0 Å². The number of nitrogens with zero attached hydrogens (tertiary/aromatic N) is 2. The average Bonchev–Trinajstić information content (AvgIpc) is 2.94. The van der Waals surface area contributed by atoms with Crippen LogP contribution in [0.1, 0.15) is 17.9 Å². The number of β-amino-alcohol motifs (C(OH)–C–C–N with tert-alkyl or cyclic N) is 1. The van der Waals surface area contributed by atoms with Crippen molar-refractivity contribution in [3.63, 3.8) is 0 Å². The number of fused-ring (bicyclic) bond motifs is 1. The Kier molecular flexibility index (Phi) is 5.35. The number of aromatic hydroxyl groups is 1. The number of halogens is 2. The summed E-state index contributed by atoms with van der Waals surface area (Å²) in [5.41, 5.74) is 0.746. The van der Waals surface area contributed by atoms with Crippen LogP contribution in [-0.4, -0.2) is 76.6 Å². The van der Waals surface area contributed by atoms with Gasteiger partial charge in [-0.15, -0.1) is 0 Å². The second-order valence-corrected chi connectivity index (χ2v) is 7.26. The first kappa shape index (κ1) is 17.3. The zero-order chi connectivity index (χ0) is 16.6. The zero-order valence-electron chi connectivity index (χ0n) is 12.8. The van der Waals surface area contributed by atoms with Crippen molar-refractivity contribution in [3.05, 3.63) is 27.7 Å². The van der Waals surface area contributed by atoms with E-state index in [2.05, 4.69) is 9.80 Å². The molecule has 7 heteroatoms. The first-order valence-electron chi connectivity index (χ1n) is 7.91. The molecule has 0 unspecified atom stereocenters. The Labute approximate surface area is 146 Å². The molecule has 2 saturated heterocycles. The van der Waals surface area contributed by atoms with E-state index in [1.807, 2.05) is 0 Å². The highest BCUT2D eigenvalue weighted by Crippen LogP contribution is 2.43. The van der Waals surface area contributed by atoms with Crippen LogP contribution in [0.15, 0.2) is 12.1 Å². The maximum Gasteiger partial charge on any atom is 0.120 e. The zero-order valence-corrected chi connectivity index (χ0v) is 14.3. The molecular formula is C16H22Cl2N2O3. The minimum atomic E-state index is -0.690. The van der Waals surface area contributed by atoms with E-state index >= 15 is 0 Å². The molecule has 0 spiro atoms. The van der Waals surface area contributed by atoms with Crippen LogP contribution in [0.25, 0.3) is 0 Å². The molecular weight excluding hydrogens is 339 g/mol. The van der Waals surface area contributed by atoms with Crippen molar-refractivity contribution in [1.29, 1.82) is 0 Å². The largest absolute Gasteiger partial charge is 0.508 e. The van der Waals surface area contributed by atoms with Crippen LogP contribution in [0.5, 0.6) is 5.75 Å². The third-order valence-electron chi connectivity index (χ3n) is 4.90. The minimum absolute atomic E-state index is 0.161. The molecule has 0 amide bonds. The van der Waals surface area contributed by atoms with Gasteiger partial charge in [0.2, 0.25) is 0 Å². The Morgan fingerprint density at radius 2 is 2.00 bits per heavy atom. The predicted molar refractivity (Wildman–Crippen MR) is 90.4 cm³/mol. The standard InChI is InChI=1S/C16H22Cl2N2O3/c17-13-1-2-14(23)15(16(13)18)10-5-11-7-19(8-12(22)9-21)3-4-20(11)6-10/h1-2,10-12,21-23H,3-9H2/t10-,11-,12-/m0/s1. The fourth-order valence-electron chi connectivity index (χ4n) is 3.78. The van der Waals surface area contributed by atoms with E-state index in [1.54, 1.807) is 12.1 Å². The fourth-order valence-corrected chi connectivity index (χ4v) is 4.26. The van der Waals surface area contributed by atoms with Gasteiger partial charge in [0.15, 0.2) is 0 Å². The van der Waals surface area contributed by atoms with Gasteiger partial charge in [-0.25, -0.2) is 0 Å². The molecule has 3 rings (SSSR count). The molecule has 0 aliphatic carbocycles. The number of rotatable bonds is 4. The summed E-state index contributed by atoms with van der Waals surface area (Å²) in [5, 5.41) is 29.7. The van der Waals surface area contributed by atoms with Crippen molar-refractivity contribution in [2.45, 2.75) is 24.5 Å². The number of hydrogen-bond donors (Lipinski definition) is 3. The Bertz CT molecular complexity index is 573. The summed E-state index contributed by atoms with van der Waals surface area (Å²) < 4.78 is 0. The van der Waals surface area contributed by atoms with Gasteiger partial charge in [-0.2, -0.15) is 0 Å². The van der Waals surface area contributed by atoms with Crippen LogP contribution in [-0.2, 0) is 0 Å². The van der Waals surface area contributed by atoms with E-state index in [1.165, 1.54) is 0 Å². The van der Waals surface area contributed by atoms with Gasteiger partial charge >= 0.3 is 0 Å². The van der Waals surface area contributed by atoms with E-state index in [0.717, 1.165) is 38.2 Å². The van der Waals surface area contributed by atoms with Crippen LogP contribution in [0, 0.1) is 0 Å². The maximum atomic E-state index is 10.2. The fraction of sp³-hybridized carbons (Fsp3) is 0.625. The Balaban J connectivity index is 1.70. The van der Waals surface area contributed by atoms with Crippen LogP contribution in [0.2, 0.25) is 10.0 Å². The van der Waals surface area contributed by atoms with Gasteiger partial charge in [-0.1, -0.05) is 23.2 Å². The van der Waals surface area contributed by atoms with E-state index < -0.39 is 6.10 Å². The quantitative estimate of drug-likeness (QED) is 0.759. The lowest BCUT2D eigenvalue weighted by Crippen LogP contribution is -2.52. The number of aliphatic hydroxyl groups excluding tert-OH is 2. The molecule has 0 aromatic heterocycles. The first-order valence-corrected chi connectivity index (χ1v) is 8.67. The molecule has 23 heavy (non-hydrogen) atoms. The summed E-state index contributed by atoms with van der Waals surface area (Å²) in [6.07, 6.45) is 0.212. The van der Waals surface area contributed by atoms with E-state index in [0.29, 0.717) is 22.6 Å². The molecule has 1 aromatic rings. The lowest BCUT2D eigenvalue weighted by atomic mass is 9.95. The smallest absolute Gasteiger partial charge is 0.120 e. The molecule has 2 heterocycles. The highest BCUT2D eigenvalue weighted by Gasteiger charge is 2.38. The lowest BCUT2D eigenvalue weighted by molar-refractivity contribution is 0.0300. The Morgan fingerprint density at radius 3 is 2.74 bits per heavy atom. The summed E-state index contributed by atoms with van der Waals surface area (Å²) >= 11 is 12.4. The predicted octanol–water partition coefficient (Wildman–Crippen LogP) is 1.53. The number of phenolic OH excluding ortho intramolecular Hbond substituents is 1. The maximum absolute atomic E-state index is 10.2. The van der Waals surface area contributed by atoms with Crippen molar-refractivity contribution in [1.82, 2.24) is 9.80 Å².